The average molecular weight is 316 g/mol. The summed E-state index contributed by atoms with van der Waals surface area (Å²) in [6.07, 6.45) is 1.10. The summed E-state index contributed by atoms with van der Waals surface area (Å²) in [5.41, 5.74) is 0. The molecule has 3 rings (SSSR count). The lowest BCUT2D eigenvalue weighted by Gasteiger charge is -2.18. The molecule has 2 atom stereocenters. The molecule has 110 valence electrons. The average Bonchev–Trinajstić information content (AvgIpc) is 3.04. The van der Waals surface area contributed by atoms with Crippen LogP contribution in [-0.2, 0) is 6.42 Å². The summed E-state index contributed by atoms with van der Waals surface area (Å²) in [6.45, 7) is 6.71. The van der Waals surface area contributed by atoms with Crippen molar-refractivity contribution in [1.29, 1.82) is 0 Å². The highest BCUT2D eigenvalue weighted by molar-refractivity contribution is 7.19. The first kappa shape index (κ1) is 14.8. The fourth-order valence-electron chi connectivity index (χ4n) is 2.68. The maximum atomic E-state index is 3.73. The third kappa shape index (κ3) is 3.54. The lowest BCUT2D eigenvalue weighted by molar-refractivity contribution is 0.484. The minimum atomic E-state index is 0.401. The van der Waals surface area contributed by atoms with Crippen molar-refractivity contribution < 1.29 is 0 Å². The monoisotopic (exact) mass is 315 g/mol. The topological polar surface area (TPSA) is 12.0 Å². The van der Waals surface area contributed by atoms with Gasteiger partial charge in [-0.05, 0) is 56.8 Å². The van der Waals surface area contributed by atoms with Crippen LogP contribution in [0.2, 0.25) is 0 Å². The minimum absolute atomic E-state index is 0.401. The van der Waals surface area contributed by atoms with Crippen LogP contribution in [0, 0.1) is 6.92 Å². The van der Waals surface area contributed by atoms with Gasteiger partial charge in [0.15, 0.2) is 0 Å². The molecule has 2 unspecified atom stereocenters. The summed E-state index contributed by atoms with van der Waals surface area (Å²) < 4.78 is 1.38. The lowest BCUT2D eigenvalue weighted by atomic mass is 10.1. The van der Waals surface area contributed by atoms with Crippen molar-refractivity contribution >= 4 is 32.8 Å². The summed E-state index contributed by atoms with van der Waals surface area (Å²) in [5.74, 6) is 0. The highest BCUT2D eigenvalue weighted by Gasteiger charge is 2.13. The number of thiophene rings is 2. The van der Waals surface area contributed by atoms with E-state index in [1.165, 1.54) is 24.7 Å². The Labute approximate surface area is 134 Å². The summed E-state index contributed by atoms with van der Waals surface area (Å²) >= 11 is 3.80. The van der Waals surface area contributed by atoms with Gasteiger partial charge in [-0.25, -0.2) is 0 Å². The molecule has 1 N–H and O–H groups in total. The number of hydrogen-bond acceptors (Lipinski definition) is 3. The van der Waals surface area contributed by atoms with Crippen LogP contribution in [0.1, 0.15) is 34.5 Å². The number of benzene rings is 1. The Hall–Kier alpha value is -1.16. The minimum Gasteiger partial charge on any atom is -0.307 e. The van der Waals surface area contributed by atoms with E-state index in [1.807, 2.05) is 22.7 Å². The Bertz CT molecular complexity index is 692. The van der Waals surface area contributed by atoms with Gasteiger partial charge in [0.1, 0.15) is 0 Å². The van der Waals surface area contributed by atoms with Gasteiger partial charge in [-0.15, -0.1) is 22.7 Å². The van der Waals surface area contributed by atoms with Crippen molar-refractivity contribution in [2.45, 2.75) is 39.3 Å². The van der Waals surface area contributed by atoms with E-state index in [9.17, 15) is 0 Å². The van der Waals surface area contributed by atoms with Crippen LogP contribution in [0.5, 0.6) is 0 Å². The molecule has 3 aromatic rings. The number of fused-ring (bicyclic) bond motifs is 1. The van der Waals surface area contributed by atoms with Gasteiger partial charge in [0.2, 0.25) is 0 Å². The van der Waals surface area contributed by atoms with Gasteiger partial charge < -0.3 is 5.32 Å². The van der Waals surface area contributed by atoms with E-state index in [0.717, 1.165) is 6.42 Å². The highest BCUT2D eigenvalue weighted by atomic mass is 32.1. The van der Waals surface area contributed by atoms with Crippen LogP contribution >= 0.6 is 22.7 Å². The van der Waals surface area contributed by atoms with Crippen LogP contribution in [0.25, 0.3) is 10.1 Å². The van der Waals surface area contributed by atoms with Gasteiger partial charge in [-0.1, -0.05) is 18.2 Å². The maximum Gasteiger partial charge on any atom is 0.0388 e. The van der Waals surface area contributed by atoms with Gasteiger partial charge in [0.05, 0.1) is 0 Å². The molecule has 1 aromatic carbocycles. The molecule has 0 aliphatic heterocycles. The van der Waals surface area contributed by atoms with E-state index < -0.39 is 0 Å². The second-order valence-corrected chi connectivity index (χ2v) is 8.18. The number of hydrogen-bond donors (Lipinski definition) is 1. The molecule has 0 aliphatic rings. The number of aryl methyl sites for hydroxylation is 1. The molecule has 0 saturated heterocycles. The van der Waals surface area contributed by atoms with Gasteiger partial charge in [-0.3, -0.25) is 0 Å². The van der Waals surface area contributed by atoms with Crippen LogP contribution in [0.4, 0.5) is 0 Å². The summed E-state index contributed by atoms with van der Waals surface area (Å²) in [7, 11) is 0. The molecule has 2 heterocycles. The molecule has 0 bridgehead atoms. The van der Waals surface area contributed by atoms with E-state index in [-0.39, 0.29) is 0 Å². The van der Waals surface area contributed by atoms with E-state index in [1.54, 1.807) is 0 Å². The normalized spacial score (nSPS) is 14.4. The molecule has 0 amide bonds. The number of nitrogens with one attached hydrogen (secondary N) is 1. The molecule has 0 saturated carbocycles. The quantitative estimate of drug-likeness (QED) is 0.650. The van der Waals surface area contributed by atoms with Gasteiger partial charge in [-0.2, -0.15) is 0 Å². The van der Waals surface area contributed by atoms with E-state index in [0.29, 0.717) is 12.1 Å². The molecule has 3 heteroatoms. The van der Waals surface area contributed by atoms with Gasteiger partial charge in [0.25, 0.3) is 0 Å². The first-order chi connectivity index (χ1) is 10.1. The van der Waals surface area contributed by atoms with Crippen LogP contribution in [0.3, 0.4) is 0 Å². The second-order valence-electron chi connectivity index (χ2n) is 5.69. The van der Waals surface area contributed by atoms with Crippen LogP contribution < -0.4 is 5.32 Å². The Kier molecular flexibility index (Phi) is 4.43. The third-order valence-electron chi connectivity index (χ3n) is 3.71. The zero-order valence-corrected chi connectivity index (χ0v) is 14.4. The van der Waals surface area contributed by atoms with Crippen molar-refractivity contribution in [3.05, 3.63) is 57.1 Å². The van der Waals surface area contributed by atoms with Crippen molar-refractivity contribution in [2.24, 2.45) is 0 Å². The summed E-state index contributed by atoms with van der Waals surface area (Å²) in [5, 5.41) is 5.09. The SMILES string of the molecule is Cc1ccc(CC(C)NC(C)c2cc3ccccc3s2)s1. The first-order valence-electron chi connectivity index (χ1n) is 7.41. The Morgan fingerprint density at radius 1 is 1.05 bits per heavy atom. The predicted molar refractivity (Wildman–Crippen MR) is 95.6 cm³/mol. The zero-order chi connectivity index (χ0) is 14.8. The fraction of sp³-hybridized carbons (Fsp3) is 0.333. The third-order valence-corrected chi connectivity index (χ3v) is 6.03. The van der Waals surface area contributed by atoms with Gasteiger partial charge in [0, 0.05) is 31.4 Å². The molecule has 0 fully saturated rings. The van der Waals surface area contributed by atoms with Crippen LogP contribution in [-0.4, -0.2) is 6.04 Å². The smallest absolute Gasteiger partial charge is 0.0388 e. The van der Waals surface area contributed by atoms with Gasteiger partial charge >= 0.3 is 0 Å². The lowest BCUT2D eigenvalue weighted by Crippen LogP contribution is -2.30. The van der Waals surface area contributed by atoms with E-state index >= 15 is 0 Å². The van der Waals surface area contributed by atoms with Crippen molar-refractivity contribution in [3.8, 4) is 0 Å². The van der Waals surface area contributed by atoms with Crippen molar-refractivity contribution in [2.75, 3.05) is 0 Å². The predicted octanol–water partition coefficient (Wildman–Crippen LogP) is 5.55. The first-order valence-corrected chi connectivity index (χ1v) is 9.05. The fourth-order valence-corrected chi connectivity index (χ4v) is 4.78. The van der Waals surface area contributed by atoms with Crippen molar-refractivity contribution in [3.63, 3.8) is 0 Å². The van der Waals surface area contributed by atoms with Crippen molar-refractivity contribution in [1.82, 2.24) is 5.32 Å². The summed E-state index contributed by atoms with van der Waals surface area (Å²) in [4.78, 5) is 4.29. The molecule has 0 aliphatic carbocycles. The summed E-state index contributed by atoms with van der Waals surface area (Å²) in [6, 6.07) is 16.3. The molecule has 2 aromatic heterocycles. The standard InChI is InChI=1S/C18H21NS2/c1-12(10-16-9-8-13(2)20-16)19-14(3)18-11-15-6-4-5-7-17(15)21-18/h4-9,11-12,14,19H,10H2,1-3H3. The largest absolute Gasteiger partial charge is 0.307 e. The van der Waals surface area contributed by atoms with E-state index in [4.69, 9.17) is 0 Å². The second kappa shape index (κ2) is 6.30. The Morgan fingerprint density at radius 2 is 1.86 bits per heavy atom. The number of rotatable bonds is 5. The maximum absolute atomic E-state index is 3.73. The molecule has 0 spiro atoms. The Balaban J connectivity index is 1.66. The zero-order valence-electron chi connectivity index (χ0n) is 12.7. The highest BCUT2D eigenvalue weighted by Crippen LogP contribution is 2.30. The molecule has 21 heavy (non-hydrogen) atoms. The van der Waals surface area contributed by atoms with E-state index in [2.05, 4.69) is 68.6 Å². The Morgan fingerprint density at radius 3 is 2.57 bits per heavy atom. The molecule has 1 nitrogen and oxygen atoms in total. The van der Waals surface area contributed by atoms with Crippen LogP contribution in [0.15, 0.2) is 42.5 Å². The molecular weight excluding hydrogens is 294 g/mol. The molecular formula is C18H21NS2. The molecule has 0 radical (unpaired) electrons.